The molecule has 2 atom stereocenters. The number of hydroxylamine groups is 1. The molecule has 17 heavy (non-hydrogen) atoms. The minimum Gasteiger partial charge on any atom is -0.258 e. The van der Waals surface area contributed by atoms with E-state index >= 15 is 0 Å². The topological polar surface area (TPSA) is 49.7 Å². The third kappa shape index (κ3) is 2.36. The molecule has 1 aromatic rings. The van der Waals surface area contributed by atoms with Crippen molar-refractivity contribution in [1.82, 2.24) is 4.47 Å². The van der Waals surface area contributed by atoms with Gasteiger partial charge in [0.25, 0.3) is 10.0 Å². The minimum absolute atomic E-state index is 0.211. The molecule has 1 aromatic carbocycles. The zero-order valence-electron chi connectivity index (χ0n) is 10.5. The molecule has 0 saturated carbocycles. The first-order chi connectivity index (χ1) is 7.73. The summed E-state index contributed by atoms with van der Waals surface area (Å²) in [6.07, 6.45) is -0.367. The highest BCUT2D eigenvalue weighted by molar-refractivity contribution is 7.89. The summed E-state index contributed by atoms with van der Waals surface area (Å²) in [4.78, 5) is 5.45. The summed E-state index contributed by atoms with van der Waals surface area (Å²) in [5, 5.41) is 0. The zero-order valence-corrected chi connectivity index (χ0v) is 11.3. The lowest BCUT2D eigenvalue weighted by molar-refractivity contribution is 0.239. The fourth-order valence-electron chi connectivity index (χ4n) is 1.54. The summed E-state index contributed by atoms with van der Waals surface area (Å²) in [6, 6.07) is 6.77. The predicted molar refractivity (Wildman–Crippen MR) is 64.5 cm³/mol. The second kappa shape index (κ2) is 3.80. The van der Waals surface area contributed by atoms with Crippen molar-refractivity contribution in [3.63, 3.8) is 0 Å². The second-order valence-electron chi connectivity index (χ2n) is 5.40. The van der Waals surface area contributed by atoms with E-state index in [2.05, 4.69) is 0 Å². The van der Waals surface area contributed by atoms with Crippen LogP contribution in [0.4, 0.5) is 0 Å². The molecular weight excluding hydrogens is 238 g/mol. The Balaban J connectivity index is 2.25. The molecule has 1 heterocycles. The molecular formula is C12H17NO3S. The Morgan fingerprint density at radius 1 is 1.18 bits per heavy atom. The largest absolute Gasteiger partial charge is 0.267 e. The molecule has 5 heteroatoms. The van der Waals surface area contributed by atoms with Crippen LogP contribution in [-0.4, -0.2) is 19.1 Å². The van der Waals surface area contributed by atoms with Gasteiger partial charge in [0.15, 0.2) is 6.23 Å². The van der Waals surface area contributed by atoms with Crippen LogP contribution in [0.15, 0.2) is 29.2 Å². The number of hydrogen-bond donors (Lipinski definition) is 0. The molecule has 0 N–H and O–H groups in total. The first-order valence-electron chi connectivity index (χ1n) is 5.51. The Morgan fingerprint density at radius 2 is 1.71 bits per heavy atom. The number of sulfonamides is 1. The van der Waals surface area contributed by atoms with Crippen LogP contribution in [0, 0.1) is 12.3 Å². The van der Waals surface area contributed by atoms with Crippen molar-refractivity contribution in [2.75, 3.05) is 0 Å². The molecule has 0 bridgehead atoms. The Labute approximate surface area is 102 Å². The van der Waals surface area contributed by atoms with Crippen LogP contribution in [0.5, 0.6) is 0 Å². The first-order valence-corrected chi connectivity index (χ1v) is 6.95. The normalized spacial score (nSPS) is 24.7. The Kier molecular flexibility index (Phi) is 2.80. The molecule has 1 aliphatic rings. The van der Waals surface area contributed by atoms with Crippen LogP contribution in [-0.2, 0) is 14.9 Å². The van der Waals surface area contributed by atoms with Gasteiger partial charge in [0.1, 0.15) is 0 Å². The zero-order chi connectivity index (χ0) is 12.8. The van der Waals surface area contributed by atoms with Crippen molar-refractivity contribution in [3.05, 3.63) is 29.8 Å². The third-order valence-electron chi connectivity index (χ3n) is 2.65. The maximum Gasteiger partial charge on any atom is 0.267 e. The van der Waals surface area contributed by atoms with Crippen molar-refractivity contribution < 1.29 is 13.3 Å². The van der Waals surface area contributed by atoms with E-state index in [1.54, 1.807) is 24.3 Å². The lowest BCUT2D eigenvalue weighted by Gasteiger charge is -2.13. The van der Waals surface area contributed by atoms with Gasteiger partial charge in [-0.3, -0.25) is 4.84 Å². The smallest absolute Gasteiger partial charge is 0.258 e. The summed E-state index contributed by atoms with van der Waals surface area (Å²) in [5.41, 5.74) is 0.820. The van der Waals surface area contributed by atoms with Gasteiger partial charge in [-0.25, -0.2) is 8.42 Å². The molecule has 94 valence electrons. The maximum atomic E-state index is 12.2. The van der Waals surface area contributed by atoms with Crippen LogP contribution in [0.1, 0.15) is 26.3 Å². The van der Waals surface area contributed by atoms with Gasteiger partial charge in [-0.15, -0.1) is 0 Å². The molecule has 1 fully saturated rings. The highest BCUT2D eigenvalue weighted by atomic mass is 32.2. The average molecular weight is 255 g/mol. The van der Waals surface area contributed by atoms with E-state index < -0.39 is 10.0 Å². The minimum atomic E-state index is -3.50. The summed E-state index contributed by atoms with van der Waals surface area (Å²) in [6.45, 7) is 7.76. The van der Waals surface area contributed by atoms with Gasteiger partial charge in [0.05, 0.1) is 4.90 Å². The summed E-state index contributed by atoms with van der Waals surface area (Å²) in [5.74, 6) is 0. The molecule has 0 spiro atoms. The van der Waals surface area contributed by atoms with Crippen LogP contribution in [0.3, 0.4) is 0 Å². The number of hydrogen-bond acceptors (Lipinski definition) is 3. The summed E-state index contributed by atoms with van der Waals surface area (Å²) >= 11 is 0. The number of benzene rings is 1. The number of nitrogens with zero attached hydrogens (tertiary/aromatic N) is 1. The molecule has 2 unspecified atom stereocenters. The van der Waals surface area contributed by atoms with Gasteiger partial charge >= 0.3 is 0 Å². The van der Waals surface area contributed by atoms with Crippen LogP contribution >= 0.6 is 0 Å². The molecule has 2 rings (SSSR count). The van der Waals surface area contributed by atoms with Gasteiger partial charge in [0.2, 0.25) is 0 Å². The van der Waals surface area contributed by atoms with E-state index in [4.69, 9.17) is 4.84 Å². The fraction of sp³-hybridized carbons (Fsp3) is 0.500. The van der Waals surface area contributed by atoms with Crippen molar-refractivity contribution >= 4 is 10.0 Å². The average Bonchev–Trinajstić information content (AvgIpc) is 2.96. The highest BCUT2D eigenvalue weighted by Gasteiger charge is 2.53. The monoisotopic (exact) mass is 255 g/mol. The molecule has 1 aliphatic heterocycles. The Morgan fingerprint density at radius 3 is 2.12 bits per heavy atom. The lowest BCUT2D eigenvalue weighted by Crippen LogP contribution is -2.23. The van der Waals surface area contributed by atoms with E-state index in [-0.39, 0.29) is 16.5 Å². The lowest BCUT2D eigenvalue weighted by atomic mass is 9.96. The molecule has 0 aromatic heterocycles. The van der Waals surface area contributed by atoms with Gasteiger partial charge in [0, 0.05) is 5.41 Å². The van der Waals surface area contributed by atoms with Crippen LogP contribution in [0.25, 0.3) is 0 Å². The van der Waals surface area contributed by atoms with E-state index in [1.807, 2.05) is 27.7 Å². The van der Waals surface area contributed by atoms with Crippen molar-refractivity contribution in [2.24, 2.45) is 5.41 Å². The first kappa shape index (κ1) is 12.5. The predicted octanol–water partition coefficient (Wildman–Crippen LogP) is 2.30. The van der Waals surface area contributed by atoms with Gasteiger partial charge in [-0.05, 0) is 23.5 Å². The van der Waals surface area contributed by atoms with Gasteiger partial charge in [-0.2, -0.15) is 0 Å². The standard InChI is InChI=1S/C12H17NO3S/c1-9-5-7-10(8-6-9)17(14,15)13-11(16-13)12(2,3)4/h5-8,11H,1-4H3. The van der Waals surface area contributed by atoms with Crippen molar-refractivity contribution in [1.29, 1.82) is 0 Å². The fourth-order valence-corrected chi connectivity index (χ4v) is 2.99. The van der Waals surface area contributed by atoms with Crippen molar-refractivity contribution in [3.8, 4) is 0 Å². The molecule has 0 aliphatic carbocycles. The van der Waals surface area contributed by atoms with E-state index in [1.165, 1.54) is 0 Å². The molecule has 0 amide bonds. The summed E-state index contributed by atoms with van der Waals surface area (Å²) in [7, 11) is -3.50. The maximum absolute atomic E-state index is 12.2. The quantitative estimate of drug-likeness (QED) is 0.762. The second-order valence-corrected chi connectivity index (χ2v) is 7.18. The van der Waals surface area contributed by atoms with Gasteiger partial charge in [-0.1, -0.05) is 38.5 Å². The van der Waals surface area contributed by atoms with E-state index in [9.17, 15) is 8.42 Å². The highest BCUT2D eigenvalue weighted by Crippen LogP contribution is 2.40. The van der Waals surface area contributed by atoms with Gasteiger partial charge < -0.3 is 0 Å². The van der Waals surface area contributed by atoms with E-state index in [0.29, 0.717) is 0 Å². The SMILES string of the molecule is Cc1ccc(S(=O)(=O)N2OC2C(C)(C)C)cc1. The number of rotatable bonds is 2. The molecule has 0 radical (unpaired) electrons. The Bertz CT molecular complexity index is 514. The third-order valence-corrected chi connectivity index (χ3v) is 4.27. The molecule has 4 nitrogen and oxygen atoms in total. The number of aryl methyl sites for hydroxylation is 1. The Hall–Kier alpha value is -0.910. The summed E-state index contributed by atoms with van der Waals surface area (Å²) < 4.78 is 25.4. The molecule has 1 saturated heterocycles. The van der Waals surface area contributed by atoms with Crippen LogP contribution < -0.4 is 0 Å². The van der Waals surface area contributed by atoms with Crippen LogP contribution in [0.2, 0.25) is 0 Å². The van der Waals surface area contributed by atoms with Crippen molar-refractivity contribution in [2.45, 2.75) is 38.8 Å². The van der Waals surface area contributed by atoms with E-state index in [0.717, 1.165) is 10.0 Å².